The third kappa shape index (κ3) is 4.83. The van der Waals surface area contributed by atoms with E-state index in [9.17, 15) is 15.0 Å². The van der Waals surface area contributed by atoms with Gasteiger partial charge in [-0.15, -0.1) is 0 Å². The van der Waals surface area contributed by atoms with Crippen molar-refractivity contribution in [1.82, 2.24) is 14.9 Å². The molecule has 2 unspecified atom stereocenters. The Morgan fingerprint density at radius 3 is 2.25 bits per heavy atom. The van der Waals surface area contributed by atoms with Gasteiger partial charge in [0.25, 0.3) is 0 Å². The number of hydrogen-bond acceptors (Lipinski definition) is 5. The fourth-order valence-corrected chi connectivity index (χ4v) is 4.94. The average Bonchev–Trinajstić information content (AvgIpc) is 3.48. The highest BCUT2D eigenvalue weighted by atomic mass is 32.1. The lowest BCUT2D eigenvalue weighted by Crippen LogP contribution is -2.30. The summed E-state index contributed by atoms with van der Waals surface area (Å²) >= 11 is 5.22. The summed E-state index contributed by atoms with van der Waals surface area (Å²) in [5.41, 5.74) is 6.06. The van der Waals surface area contributed by atoms with Crippen molar-refractivity contribution in [2.75, 3.05) is 13.2 Å². The van der Waals surface area contributed by atoms with E-state index in [1.54, 1.807) is 22.9 Å². The molecule has 36 heavy (non-hydrogen) atoms. The monoisotopic (exact) mass is 501 g/mol. The molecule has 184 valence electrons. The molecule has 5 rings (SSSR count). The number of rotatable bonds is 8. The molecule has 0 radical (unpaired) electrons. The van der Waals surface area contributed by atoms with Crippen molar-refractivity contribution in [2.45, 2.75) is 24.5 Å². The maximum atomic E-state index is 12.3. The van der Waals surface area contributed by atoms with E-state index in [2.05, 4.69) is 34.6 Å². The van der Waals surface area contributed by atoms with Crippen LogP contribution in [-0.4, -0.2) is 45.1 Å². The van der Waals surface area contributed by atoms with Crippen LogP contribution in [0.5, 0.6) is 0 Å². The SMILES string of the molecule is O=C(NCCC(O)C(O)c1ccc(-n2cc[nH]c2=S)cc1)OCC1c2ccccc2-c2ccccc21. The lowest BCUT2D eigenvalue weighted by molar-refractivity contribution is 0.0136. The van der Waals surface area contributed by atoms with Crippen LogP contribution >= 0.6 is 12.2 Å². The van der Waals surface area contributed by atoms with Gasteiger partial charge < -0.3 is 25.3 Å². The third-order valence-electron chi connectivity index (χ3n) is 6.58. The Labute approximate surface area is 214 Å². The first-order valence-electron chi connectivity index (χ1n) is 11.8. The fourth-order valence-electron chi connectivity index (χ4n) is 4.71. The van der Waals surface area contributed by atoms with Gasteiger partial charge in [0.05, 0.1) is 6.10 Å². The number of carbonyl (C=O) groups is 1. The third-order valence-corrected chi connectivity index (χ3v) is 6.89. The van der Waals surface area contributed by atoms with Gasteiger partial charge >= 0.3 is 6.09 Å². The Morgan fingerprint density at radius 1 is 1.00 bits per heavy atom. The molecule has 0 saturated heterocycles. The number of aliphatic hydroxyl groups is 2. The number of fused-ring (bicyclic) bond motifs is 3. The van der Waals surface area contributed by atoms with Gasteiger partial charge in [-0.25, -0.2) is 4.79 Å². The number of amides is 1. The number of imidazole rings is 1. The summed E-state index contributed by atoms with van der Waals surface area (Å²) in [4.78, 5) is 15.3. The number of benzene rings is 3. The van der Waals surface area contributed by atoms with E-state index in [1.165, 1.54) is 11.1 Å². The highest BCUT2D eigenvalue weighted by molar-refractivity contribution is 7.71. The van der Waals surface area contributed by atoms with Crippen molar-refractivity contribution in [3.63, 3.8) is 0 Å². The number of nitrogens with one attached hydrogen (secondary N) is 2. The van der Waals surface area contributed by atoms with Gasteiger partial charge in [-0.2, -0.15) is 0 Å². The second kappa shape index (κ2) is 10.5. The highest BCUT2D eigenvalue weighted by Gasteiger charge is 2.29. The summed E-state index contributed by atoms with van der Waals surface area (Å²) in [6.07, 6.45) is 1.07. The van der Waals surface area contributed by atoms with Gasteiger partial charge in [0.15, 0.2) is 4.77 Å². The maximum absolute atomic E-state index is 12.3. The quantitative estimate of drug-likeness (QED) is 0.259. The molecule has 3 aromatic carbocycles. The van der Waals surface area contributed by atoms with Crippen LogP contribution in [0.25, 0.3) is 16.8 Å². The van der Waals surface area contributed by atoms with E-state index in [-0.39, 0.29) is 25.5 Å². The predicted molar refractivity (Wildman–Crippen MR) is 140 cm³/mol. The van der Waals surface area contributed by atoms with E-state index in [0.717, 1.165) is 16.8 Å². The van der Waals surface area contributed by atoms with Crippen LogP contribution in [0.3, 0.4) is 0 Å². The number of nitrogens with zero attached hydrogens (tertiary/aromatic N) is 1. The van der Waals surface area contributed by atoms with E-state index < -0.39 is 18.3 Å². The molecule has 4 N–H and O–H groups in total. The van der Waals surface area contributed by atoms with Crippen molar-refractivity contribution in [2.24, 2.45) is 0 Å². The molecule has 8 heteroatoms. The molecule has 0 spiro atoms. The van der Waals surface area contributed by atoms with Gasteiger partial charge in [-0.05, 0) is 58.6 Å². The minimum absolute atomic E-state index is 0.0141. The summed E-state index contributed by atoms with van der Waals surface area (Å²) in [5, 5.41) is 23.6. The molecular formula is C28H27N3O4S. The smallest absolute Gasteiger partial charge is 0.407 e. The molecule has 1 heterocycles. The van der Waals surface area contributed by atoms with E-state index >= 15 is 0 Å². The number of carbonyl (C=O) groups excluding carboxylic acids is 1. The Hall–Kier alpha value is -3.72. The van der Waals surface area contributed by atoms with Crippen LogP contribution in [-0.2, 0) is 4.74 Å². The number of ether oxygens (including phenoxy) is 1. The zero-order chi connectivity index (χ0) is 25.1. The molecule has 1 aliphatic carbocycles. The number of H-pyrrole nitrogens is 1. The minimum Gasteiger partial charge on any atom is -0.449 e. The molecule has 1 aliphatic rings. The first kappa shape index (κ1) is 24.0. The molecule has 7 nitrogen and oxygen atoms in total. The second-order valence-electron chi connectivity index (χ2n) is 8.78. The maximum Gasteiger partial charge on any atom is 0.407 e. The van der Waals surface area contributed by atoms with Crippen LogP contribution in [0, 0.1) is 4.77 Å². The Balaban J connectivity index is 1.11. The molecule has 0 aliphatic heterocycles. The van der Waals surface area contributed by atoms with E-state index in [0.29, 0.717) is 10.3 Å². The van der Waals surface area contributed by atoms with Crippen LogP contribution in [0.15, 0.2) is 85.2 Å². The summed E-state index contributed by atoms with van der Waals surface area (Å²) in [6.45, 7) is 0.397. The van der Waals surface area contributed by atoms with E-state index in [4.69, 9.17) is 17.0 Å². The summed E-state index contributed by atoms with van der Waals surface area (Å²) in [5.74, 6) is -0.0141. The predicted octanol–water partition coefficient (Wildman–Crippen LogP) is 4.86. The molecule has 0 saturated carbocycles. The molecule has 4 aromatic rings. The lowest BCUT2D eigenvalue weighted by atomic mass is 9.98. The zero-order valence-corrected chi connectivity index (χ0v) is 20.3. The molecular weight excluding hydrogens is 474 g/mol. The normalized spacial score (nSPS) is 14.1. The molecule has 1 amide bonds. The van der Waals surface area contributed by atoms with Crippen LogP contribution < -0.4 is 5.32 Å². The van der Waals surface area contributed by atoms with Crippen LogP contribution in [0.1, 0.15) is 35.1 Å². The highest BCUT2D eigenvalue weighted by Crippen LogP contribution is 2.44. The van der Waals surface area contributed by atoms with Gasteiger partial charge in [0.2, 0.25) is 0 Å². The lowest BCUT2D eigenvalue weighted by Gasteiger charge is -2.19. The topological polar surface area (TPSA) is 99.5 Å². The van der Waals surface area contributed by atoms with Crippen LogP contribution in [0.4, 0.5) is 4.79 Å². The average molecular weight is 502 g/mol. The molecule has 1 aromatic heterocycles. The molecule has 0 bridgehead atoms. The number of hydrogen-bond donors (Lipinski definition) is 4. The Morgan fingerprint density at radius 2 is 1.64 bits per heavy atom. The zero-order valence-electron chi connectivity index (χ0n) is 19.5. The first-order chi connectivity index (χ1) is 17.5. The largest absolute Gasteiger partial charge is 0.449 e. The van der Waals surface area contributed by atoms with Gasteiger partial charge in [-0.1, -0.05) is 60.7 Å². The van der Waals surface area contributed by atoms with Crippen molar-refractivity contribution >= 4 is 18.3 Å². The standard InChI is InChI=1S/C28H27N3O4S/c32-25(26(33)18-9-11-19(12-10-18)31-16-15-29-27(31)36)13-14-30-28(34)35-17-24-22-7-3-1-5-20(22)21-6-2-4-8-23(21)24/h1-12,15-16,24-26,32-33H,13-14,17H2,(H,29,36)(H,30,34). The van der Waals surface area contributed by atoms with Gasteiger partial charge in [0, 0.05) is 30.5 Å². The van der Waals surface area contributed by atoms with Gasteiger partial charge in [0.1, 0.15) is 12.7 Å². The summed E-state index contributed by atoms with van der Waals surface area (Å²) < 4.78 is 7.89. The van der Waals surface area contributed by atoms with Crippen molar-refractivity contribution in [1.29, 1.82) is 0 Å². The molecule has 2 atom stereocenters. The molecule has 0 fully saturated rings. The van der Waals surface area contributed by atoms with Gasteiger partial charge in [-0.3, -0.25) is 4.57 Å². The number of aromatic amines is 1. The summed E-state index contributed by atoms with van der Waals surface area (Å²) in [6, 6.07) is 23.5. The first-order valence-corrected chi connectivity index (χ1v) is 12.2. The number of alkyl carbamates (subject to hydrolysis) is 1. The van der Waals surface area contributed by atoms with Crippen molar-refractivity contribution in [3.8, 4) is 16.8 Å². The fraction of sp³-hybridized carbons (Fsp3) is 0.214. The second-order valence-corrected chi connectivity index (χ2v) is 9.17. The van der Waals surface area contributed by atoms with Crippen molar-refractivity contribution in [3.05, 3.63) is 107 Å². The van der Waals surface area contributed by atoms with Crippen molar-refractivity contribution < 1.29 is 19.7 Å². The Kier molecular flexibility index (Phi) is 6.99. The minimum atomic E-state index is -1.08. The van der Waals surface area contributed by atoms with Crippen LogP contribution in [0.2, 0.25) is 0 Å². The number of aliphatic hydroxyl groups excluding tert-OH is 2. The number of aromatic nitrogens is 2. The summed E-state index contributed by atoms with van der Waals surface area (Å²) in [7, 11) is 0. The van der Waals surface area contributed by atoms with E-state index in [1.807, 2.05) is 42.6 Å². The Bertz CT molecular complexity index is 1370.